The topological polar surface area (TPSA) is 41.6 Å². The lowest BCUT2D eigenvalue weighted by Gasteiger charge is -2.28. The largest absolute Gasteiger partial charge is 0.375 e. The molecule has 1 fully saturated rings. The maximum atomic E-state index is 12.8. The Bertz CT molecular complexity index is 589. The molecule has 1 amide bonds. The third-order valence-corrected chi connectivity index (χ3v) is 4.19. The molecule has 0 aliphatic carbocycles. The summed E-state index contributed by atoms with van der Waals surface area (Å²) in [5.41, 5.74) is 2.29. The molecule has 0 aromatic heterocycles. The van der Waals surface area contributed by atoms with E-state index in [1.54, 1.807) is 0 Å². The molecule has 0 saturated carbocycles. The first-order chi connectivity index (χ1) is 11.8. The average molecular weight is 361 g/mol. The van der Waals surface area contributed by atoms with E-state index in [2.05, 4.69) is 29.6 Å². The van der Waals surface area contributed by atoms with Crippen molar-refractivity contribution in [2.24, 2.45) is 0 Å². The number of hydrogen-bond acceptors (Lipinski definition) is 3. The lowest BCUT2D eigenvalue weighted by Crippen LogP contribution is -2.42. The standard InChI is InChI=1S/C20H24N2O2.ClH/c23-20(13-19-14-21-11-12-24-19)22(15-17-7-3-1-4-8-17)16-18-9-5-2-6-10-18;/h1-10,19,21H,11-16H2;1H. The Hall–Kier alpha value is -1.88. The number of carbonyl (C=O) groups is 1. The Morgan fingerprint density at radius 3 is 2.04 bits per heavy atom. The van der Waals surface area contributed by atoms with Crippen molar-refractivity contribution < 1.29 is 9.53 Å². The number of benzene rings is 2. The molecule has 1 unspecified atom stereocenters. The molecular weight excluding hydrogens is 336 g/mol. The summed E-state index contributed by atoms with van der Waals surface area (Å²) in [6.07, 6.45) is 0.396. The zero-order valence-corrected chi connectivity index (χ0v) is 15.1. The van der Waals surface area contributed by atoms with Crippen LogP contribution in [0.2, 0.25) is 0 Å². The SMILES string of the molecule is Cl.O=C(CC1CNCCO1)N(Cc1ccccc1)Cc1ccccc1. The second kappa shape index (κ2) is 10.2. The fraction of sp³-hybridized carbons (Fsp3) is 0.350. The van der Waals surface area contributed by atoms with Gasteiger partial charge in [0.25, 0.3) is 0 Å². The van der Waals surface area contributed by atoms with E-state index in [1.807, 2.05) is 41.3 Å². The Morgan fingerprint density at radius 1 is 1.00 bits per heavy atom. The van der Waals surface area contributed by atoms with E-state index in [9.17, 15) is 4.79 Å². The molecule has 1 aliphatic heterocycles. The van der Waals surface area contributed by atoms with Crippen molar-refractivity contribution in [3.63, 3.8) is 0 Å². The monoisotopic (exact) mass is 360 g/mol. The van der Waals surface area contributed by atoms with Crippen molar-refractivity contribution in [1.29, 1.82) is 0 Å². The maximum Gasteiger partial charge on any atom is 0.225 e. The van der Waals surface area contributed by atoms with Gasteiger partial charge in [0.05, 0.1) is 19.1 Å². The van der Waals surface area contributed by atoms with Crippen molar-refractivity contribution >= 4 is 18.3 Å². The highest BCUT2D eigenvalue weighted by molar-refractivity contribution is 5.85. The van der Waals surface area contributed by atoms with Gasteiger partial charge in [-0.15, -0.1) is 12.4 Å². The van der Waals surface area contributed by atoms with E-state index in [-0.39, 0.29) is 24.4 Å². The predicted octanol–water partition coefficient (Wildman–Crippen LogP) is 3.02. The number of halogens is 1. The number of rotatable bonds is 6. The third kappa shape index (κ3) is 6.16. The van der Waals surface area contributed by atoms with E-state index < -0.39 is 0 Å². The van der Waals surface area contributed by atoms with E-state index >= 15 is 0 Å². The van der Waals surface area contributed by atoms with Crippen LogP contribution in [0.1, 0.15) is 17.5 Å². The van der Waals surface area contributed by atoms with Crippen LogP contribution >= 0.6 is 12.4 Å². The number of amides is 1. The van der Waals surface area contributed by atoms with Gasteiger partial charge < -0.3 is 15.0 Å². The number of nitrogens with zero attached hydrogens (tertiary/aromatic N) is 1. The molecule has 0 radical (unpaired) electrons. The summed E-state index contributed by atoms with van der Waals surface area (Å²) in [5, 5.41) is 3.28. The third-order valence-electron chi connectivity index (χ3n) is 4.19. The molecule has 1 aliphatic rings. The molecule has 1 N–H and O–H groups in total. The quantitative estimate of drug-likeness (QED) is 0.861. The molecule has 0 spiro atoms. The van der Waals surface area contributed by atoms with Gasteiger partial charge >= 0.3 is 0 Å². The van der Waals surface area contributed by atoms with Gasteiger partial charge in [0.15, 0.2) is 0 Å². The number of hydrogen-bond donors (Lipinski definition) is 1. The van der Waals surface area contributed by atoms with Crippen molar-refractivity contribution in [2.45, 2.75) is 25.6 Å². The summed E-state index contributed by atoms with van der Waals surface area (Å²) in [7, 11) is 0. The molecule has 134 valence electrons. The minimum atomic E-state index is -0.0275. The normalized spacial score (nSPS) is 16.7. The minimum Gasteiger partial charge on any atom is -0.375 e. The van der Waals surface area contributed by atoms with Gasteiger partial charge in [-0.25, -0.2) is 0 Å². The second-order valence-corrected chi connectivity index (χ2v) is 6.12. The molecule has 1 heterocycles. The average Bonchev–Trinajstić information content (AvgIpc) is 2.64. The molecule has 25 heavy (non-hydrogen) atoms. The fourth-order valence-corrected chi connectivity index (χ4v) is 2.91. The Kier molecular flexibility index (Phi) is 7.92. The van der Waals surface area contributed by atoms with Crippen molar-refractivity contribution in [1.82, 2.24) is 10.2 Å². The number of ether oxygens (including phenoxy) is 1. The lowest BCUT2D eigenvalue weighted by atomic mass is 10.1. The molecule has 2 aromatic carbocycles. The van der Waals surface area contributed by atoms with Gasteiger partial charge in [-0.2, -0.15) is 0 Å². The van der Waals surface area contributed by atoms with Gasteiger partial charge in [0.2, 0.25) is 5.91 Å². The zero-order valence-electron chi connectivity index (χ0n) is 14.3. The van der Waals surface area contributed by atoms with Crippen LogP contribution in [0.25, 0.3) is 0 Å². The predicted molar refractivity (Wildman–Crippen MR) is 102 cm³/mol. The summed E-state index contributed by atoms with van der Waals surface area (Å²) < 4.78 is 5.69. The number of nitrogens with one attached hydrogen (secondary N) is 1. The van der Waals surface area contributed by atoms with Crippen LogP contribution in [0.15, 0.2) is 60.7 Å². The molecule has 1 saturated heterocycles. The molecule has 3 rings (SSSR count). The van der Waals surface area contributed by atoms with Crippen LogP contribution in [0.4, 0.5) is 0 Å². The second-order valence-electron chi connectivity index (χ2n) is 6.12. The molecule has 1 atom stereocenters. The Morgan fingerprint density at radius 2 is 1.56 bits per heavy atom. The summed E-state index contributed by atoms with van der Waals surface area (Å²) in [6, 6.07) is 20.3. The van der Waals surface area contributed by atoms with Gasteiger partial charge in [0, 0.05) is 26.2 Å². The van der Waals surface area contributed by atoms with Crippen LogP contribution < -0.4 is 5.32 Å². The van der Waals surface area contributed by atoms with Crippen LogP contribution in [0, 0.1) is 0 Å². The van der Waals surface area contributed by atoms with E-state index in [4.69, 9.17) is 4.74 Å². The van der Waals surface area contributed by atoms with Crippen LogP contribution in [0.3, 0.4) is 0 Å². The minimum absolute atomic E-state index is 0. The molecule has 0 bridgehead atoms. The van der Waals surface area contributed by atoms with E-state index in [1.165, 1.54) is 0 Å². The summed E-state index contributed by atoms with van der Waals surface area (Å²) in [5.74, 6) is 0.136. The summed E-state index contributed by atoms with van der Waals surface area (Å²) >= 11 is 0. The highest BCUT2D eigenvalue weighted by atomic mass is 35.5. The summed E-state index contributed by atoms with van der Waals surface area (Å²) in [6.45, 7) is 3.53. The van der Waals surface area contributed by atoms with Crippen molar-refractivity contribution in [2.75, 3.05) is 19.7 Å². The van der Waals surface area contributed by atoms with Gasteiger partial charge in [-0.05, 0) is 11.1 Å². The summed E-state index contributed by atoms with van der Waals surface area (Å²) in [4.78, 5) is 14.8. The lowest BCUT2D eigenvalue weighted by molar-refractivity contribution is -0.136. The van der Waals surface area contributed by atoms with Crippen molar-refractivity contribution in [3.8, 4) is 0 Å². The van der Waals surface area contributed by atoms with E-state index in [0.717, 1.165) is 24.2 Å². The van der Waals surface area contributed by atoms with Crippen LogP contribution in [-0.2, 0) is 22.6 Å². The van der Waals surface area contributed by atoms with Crippen LogP contribution in [0.5, 0.6) is 0 Å². The maximum absolute atomic E-state index is 12.8. The highest BCUT2D eigenvalue weighted by Crippen LogP contribution is 2.13. The molecule has 2 aromatic rings. The Balaban J connectivity index is 0.00000225. The van der Waals surface area contributed by atoms with Crippen LogP contribution in [-0.4, -0.2) is 36.6 Å². The van der Waals surface area contributed by atoms with Gasteiger partial charge in [0.1, 0.15) is 0 Å². The highest BCUT2D eigenvalue weighted by Gasteiger charge is 2.22. The van der Waals surface area contributed by atoms with Gasteiger partial charge in [-0.3, -0.25) is 4.79 Å². The van der Waals surface area contributed by atoms with Gasteiger partial charge in [-0.1, -0.05) is 60.7 Å². The molecule has 4 nitrogen and oxygen atoms in total. The Labute approximate surface area is 155 Å². The van der Waals surface area contributed by atoms with E-state index in [0.29, 0.717) is 26.1 Å². The first-order valence-corrected chi connectivity index (χ1v) is 8.49. The first-order valence-electron chi connectivity index (χ1n) is 8.49. The first kappa shape index (κ1) is 19.4. The zero-order chi connectivity index (χ0) is 16.6. The fourth-order valence-electron chi connectivity index (χ4n) is 2.91. The number of morpholine rings is 1. The molecule has 5 heteroatoms. The van der Waals surface area contributed by atoms with Crippen molar-refractivity contribution in [3.05, 3.63) is 71.8 Å². The smallest absolute Gasteiger partial charge is 0.225 e. The molecular formula is C20H25ClN2O2. The number of carbonyl (C=O) groups excluding carboxylic acids is 1.